The quantitative estimate of drug-likeness (QED) is 0.697. The third-order valence-corrected chi connectivity index (χ3v) is 6.15. The molecule has 0 atom stereocenters. The summed E-state index contributed by atoms with van der Waals surface area (Å²) in [6.45, 7) is 10.6. The molecule has 1 N–H and O–H groups in total. The van der Waals surface area contributed by atoms with E-state index in [1.165, 1.54) is 0 Å². The summed E-state index contributed by atoms with van der Waals surface area (Å²) in [7, 11) is 0. The summed E-state index contributed by atoms with van der Waals surface area (Å²) >= 11 is 1.57. The van der Waals surface area contributed by atoms with Gasteiger partial charge in [0.25, 0.3) is 0 Å². The predicted molar refractivity (Wildman–Crippen MR) is 117 cm³/mol. The first-order valence-electron chi connectivity index (χ1n) is 9.94. The van der Waals surface area contributed by atoms with E-state index in [2.05, 4.69) is 50.2 Å². The number of anilines is 1. The SMILES string of the molecule is Cc1nnc(-c2ccc3cnc(NC(=O)CN4CCN(C(C)C)CC4)cc3c2)s1. The van der Waals surface area contributed by atoms with E-state index in [0.717, 1.165) is 52.5 Å². The van der Waals surface area contributed by atoms with E-state index in [4.69, 9.17) is 0 Å². The summed E-state index contributed by atoms with van der Waals surface area (Å²) in [5.74, 6) is 0.555. The second kappa shape index (κ2) is 8.52. The maximum Gasteiger partial charge on any atom is 0.239 e. The van der Waals surface area contributed by atoms with Gasteiger partial charge in [0.05, 0.1) is 6.54 Å². The van der Waals surface area contributed by atoms with Crippen LogP contribution in [0.15, 0.2) is 30.5 Å². The molecule has 1 aromatic carbocycles. The van der Waals surface area contributed by atoms with Gasteiger partial charge in [-0.25, -0.2) is 4.98 Å². The zero-order chi connectivity index (χ0) is 20.4. The first kappa shape index (κ1) is 19.9. The average molecular weight is 411 g/mol. The number of carbonyl (C=O) groups excluding carboxylic acids is 1. The lowest BCUT2D eigenvalue weighted by atomic mass is 10.1. The van der Waals surface area contributed by atoms with Gasteiger partial charge in [0.1, 0.15) is 15.8 Å². The van der Waals surface area contributed by atoms with Crippen LogP contribution in [0.3, 0.4) is 0 Å². The molecule has 1 aliphatic heterocycles. The van der Waals surface area contributed by atoms with Crippen molar-refractivity contribution in [3.63, 3.8) is 0 Å². The van der Waals surface area contributed by atoms with Gasteiger partial charge in [0.2, 0.25) is 5.91 Å². The molecular formula is C21H26N6OS. The Kier molecular flexibility index (Phi) is 5.84. The van der Waals surface area contributed by atoms with Crippen LogP contribution in [0.5, 0.6) is 0 Å². The van der Waals surface area contributed by atoms with Crippen LogP contribution in [0.4, 0.5) is 5.82 Å². The second-order valence-corrected chi connectivity index (χ2v) is 8.89. The molecule has 1 fully saturated rings. The normalized spacial score (nSPS) is 15.9. The van der Waals surface area contributed by atoms with Crippen molar-refractivity contribution < 1.29 is 4.79 Å². The van der Waals surface area contributed by atoms with Gasteiger partial charge >= 0.3 is 0 Å². The smallest absolute Gasteiger partial charge is 0.239 e. The highest BCUT2D eigenvalue weighted by atomic mass is 32.1. The van der Waals surface area contributed by atoms with Crippen molar-refractivity contribution in [3.8, 4) is 10.6 Å². The summed E-state index contributed by atoms with van der Waals surface area (Å²) in [4.78, 5) is 21.5. The number of piperazine rings is 1. The van der Waals surface area contributed by atoms with Crippen molar-refractivity contribution in [2.45, 2.75) is 26.8 Å². The molecule has 7 nitrogen and oxygen atoms in total. The summed E-state index contributed by atoms with van der Waals surface area (Å²) in [6, 6.07) is 8.59. The van der Waals surface area contributed by atoms with Gasteiger partial charge in [-0.15, -0.1) is 10.2 Å². The number of aromatic nitrogens is 3. The Morgan fingerprint density at radius 3 is 2.62 bits per heavy atom. The van der Waals surface area contributed by atoms with Gasteiger partial charge in [-0.05, 0) is 38.3 Å². The lowest BCUT2D eigenvalue weighted by Gasteiger charge is -2.36. The molecule has 8 heteroatoms. The van der Waals surface area contributed by atoms with Gasteiger partial charge in [-0.3, -0.25) is 14.6 Å². The number of benzene rings is 1. The van der Waals surface area contributed by atoms with Gasteiger partial charge in [0, 0.05) is 49.4 Å². The number of carbonyl (C=O) groups is 1. The number of nitrogens with one attached hydrogen (secondary N) is 1. The molecule has 1 aliphatic rings. The summed E-state index contributed by atoms with van der Waals surface area (Å²) in [6.07, 6.45) is 1.79. The number of aryl methyl sites for hydroxylation is 1. The number of fused-ring (bicyclic) bond motifs is 1. The van der Waals surface area contributed by atoms with E-state index in [1.807, 2.05) is 25.1 Å². The molecule has 0 unspecified atom stereocenters. The molecule has 0 saturated carbocycles. The lowest BCUT2D eigenvalue weighted by Crippen LogP contribution is -2.50. The zero-order valence-electron chi connectivity index (χ0n) is 17.1. The maximum atomic E-state index is 12.5. The lowest BCUT2D eigenvalue weighted by molar-refractivity contribution is -0.117. The van der Waals surface area contributed by atoms with E-state index in [-0.39, 0.29) is 5.91 Å². The Morgan fingerprint density at radius 2 is 1.93 bits per heavy atom. The summed E-state index contributed by atoms with van der Waals surface area (Å²) < 4.78 is 0. The van der Waals surface area contributed by atoms with Gasteiger partial charge in [-0.1, -0.05) is 23.5 Å². The highest BCUT2D eigenvalue weighted by Gasteiger charge is 2.20. The van der Waals surface area contributed by atoms with Crippen LogP contribution >= 0.6 is 11.3 Å². The van der Waals surface area contributed by atoms with Crippen molar-refractivity contribution in [1.82, 2.24) is 25.0 Å². The van der Waals surface area contributed by atoms with Crippen LogP contribution in [0, 0.1) is 6.92 Å². The van der Waals surface area contributed by atoms with Crippen LogP contribution in [-0.2, 0) is 4.79 Å². The van der Waals surface area contributed by atoms with Crippen molar-refractivity contribution in [2.24, 2.45) is 0 Å². The van der Waals surface area contributed by atoms with E-state index >= 15 is 0 Å². The standard InChI is InChI=1S/C21H26N6OS/c1-14(2)27-8-6-26(7-9-27)13-20(28)23-19-11-18-10-16(4-5-17(18)12-22-19)21-25-24-15(3)29-21/h4-5,10-12,14H,6-9,13H2,1-3H3,(H,22,23,28). The Hall–Kier alpha value is -2.42. The molecule has 1 amide bonds. The fraction of sp³-hybridized carbons (Fsp3) is 0.429. The molecule has 4 rings (SSSR count). The Bertz CT molecular complexity index is 1010. The molecule has 3 heterocycles. The minimum absolute atomic E-state index is 0.0225. The Labute approximate surface area is 174 Å². The molecule has 152 valence electrons. The number of pyridine rings is 1. The van der Waals surface area contributed by atoms with E-state index in [1.54, 1.807) is 17.5 Å². The van der Waals surface area contributed by atoms with E-state index in [0.29, 0.717) is 18.4 Å². The number of hydrogen-bond acceptors (Lipinski definition) is 7. The van der Waals surface area contributed by atoms with Crippen LogP contribution in [0.1, 0.15) is 18.9 Å². The molecule has 0 spiro atoms. The molecule has 3 aromatic rings. The van der Waals surface area contributed by atoms with E-state index in [9.17, 15) is 4.79 Å². The summed E-state index contributed by atoms with van der Waals surface area (Å²) in [5, 5.41) is 15.1. The molecule has 0 aliphatic carbocycles. The van der Waals surface area contributed by atoms with Gasteiger partial charge < -0.3 is 5.32 Å². The van der Waals surface area contributed by atoms with Crippen LogP contribution in [-0.4, -0.2) is 69.7 Å². The van der Waals surface area contributed by atoms with Gasteiger partial charge in [0.15, 0.2) is 0 Å². The fourth-order valence-corrected chi connectivity index (χ4v) is 4.27. The third kappa shape index (κ3) is 4.77. The van der Waals surface area contributed by atoms with Crippen LogP contribution in [0.25, 0.3) is 21.3 Å². The molecular weight excluding hydrogens is 384 g/mol. The average Bonchev–Trinajstić information content (AvgIpc) is 3.14. The predicted octanol–water partition coefficient (Wildman–Crippen LogP) is 3.03. The minimum Gasteiger partial charge on any atom is -0.310 e. The number of rotatable bonds is 5. The molecule has 29 heavy (non-hydrogen) atoms. The zero-order valence-corrected chi connectivity index (χ0v) is 17.9. The summed E-state index contributed by atoms with van der Waals surface area (Å²) in [5.41, 5.74) is 1.02. The van der Waals surface area contributed by atoms with Crippen LogP contribution in [0.2, 0.25) is 0 Å². The second-order valence-electron chi connectivity index (χ2n) is 7.71. The maximum absolute atomic E-state index is 12.5. The monoisotopic (exact) mass is 410 g/mol. The van der Waals surface area contributed by atoms with Crippen molar-refractivity contribution in [3.05, 3.63) is 35.5 Å². The van der Waals surface area contributed by atoms with E-state index < -0.39 is 0 Å². The number of nitrogens with zero attached hydrogens (tertiary/aromatic N) is 5. The molecule has 1 saturated heterocycles. The highest BCUT2D eigenvalue weighted by molar-refractivity contribution is 7.14. The molecule has 0 radical (unpaired) electrons. The molecule has 2 aromatic heterocycles. The van der Waals surface area contributed by atoms with Crippen LogP contribution < -0.4 is 5.32 Å². The number of hydrogen-bond donors (Lipinski definition) is 1. The Morgan fingerprint density at radius 1 is 1.14 bits per heavy atom. The topological polar surface area (TPSA) is 74.2 Å². The Balaban J connectivity index is 1.42. The first-order valence-corrected chi connectivity index (χ1v) is 10.8. The third-order valence-electron chi connectivity index (χ3n) is 5.27. The molecule has 0 bridgehead atoms. The fourth-order valence-electron chi connectivity index (χ4n) is 3.58. The minimum atomic E-state index is -0.0225. The largest absolute Gasteiger partial charge is 0.310 e. The van der Waals surface area contributed by atoms with Crippen molar-refractivity contribution >= 4 is 33.8 Å². The van der Waals surface area contributed by atoms with Gasteiger partial charge in [-0.2, -0.15) is 0 Å². The number of amides is 1. The van der Waals surface area contributed by atoms with Crippen molar-refractivity contribution in [2.75, 3.05) is 38.0 Å². The first-order chi connectivity index (χ1) is 14.0. The highest BCUT2D eigenvalue weighted by Crippen LogP contribution is 2.27. The van der Waals surface area contributed by atoms with Crippen molar-refractivity contribution in [1.29, 1.82) is 0 Å².